The number of halogens is 1. The number of hydrogen-bond acceptors (Lipinski definition) is 8. The number of anilines is 1. The van der Waals surface area contributed by atoms with Crippen molar-refractivity contribution in [1.82, 2.24) is 15.2 Å². The van der Waals surface area contributed by atoms with Crippen LogP contribution >= 0.6 is 23.1 Å². The standard InChI is InChI=1S/C24H29FN4O3S2/c1-31-19-7-8-20(32-2)23-22(19)27-24(34-23)29-14-12-28(13-15-29)11-10-26-21(30)9-16-33-18-5-3-17(25)4-6-18/h3-8H,9-16H2,1-2H3,(H,26,30). The van der Waals surface area contributed by atoms with Gasteiger partial charge in [0.1, 0.15) is 27.5 Å². The van der Waals surface area contributed by atoms with Crippen LogP contribution in [0.2, 0.25) is 0 Å². The molecule has 0 bridgehead atoms. The van der Waals surface area contributed by atoms with Crippen molar-refractivity contribution in [2.75, 3.05) is 64.1 Å². The SMILES string of the molecule is COc1ccc(OC)c2sc(N3CCN(CCNC(=O)CCSc4ccc(F)cc4)CC3)nc12. The van der Waals surface area contributed by atoms with E-state index in [1.807, 2.05) is 12.1 Å². The second kappa shape index (κ2) is 11.7. The molecule has 182 valence electrons. The van der Waals surface area contributed by atoms with Gasteiger partial charge in [0.2, 0.25) is 5.91 Å². The summed E-state index contributed by atoms with van der Waals surface area (Å²) in [7, 11) is 3.32. The highest BCUT2D eigenvalue weighted by Crippen LogP contribution is 2.40. The predicted molar refractivity (Wildman–Crippen MR) is 136 cm³/mol. The van der Waals surface area contributed by atoms with Gasteiger partial charge in [-0.25, -0.2) is 9.37 Å². The van der Waals surface area contributed by atoms with Gasteiger partial charge in [-0.15, -0.1) is 11.8 Å². The van der Waals surface area contributed by atoms with Crippen molar-refractivity contribution in [1.29, 1.82) is 0 Å². The molecule has 0 spiro atoms. The first kappa shape index (κ1) is 24.6. The lowest BCUT2D eigenvalue weighted by Gasteiger charge is -2.34. The molecule has 4 rings (SSSR count). The van der Waals surface area contributed by atoms with E-state index < -0.39 is 0 Å². The van der Waals surface area contributed by atoms with Crippen LogP contribution in [0.25, 0.3) is 10.2 Å². The van der Waals surface area contributed by atoms with Gasteiger partial charge in [-0.05, 0) is 36.4 Å². The number of ether oxygens (including phenoxy) is 2. The van der Waals surface area contributed by atoms with Gasteiger partial charge in [0.05, 0.1) is 14.2 Å². The molecule has 1 fully saturated rings. The average molecular weight is 505 g/mol. The fourth-order valence-electron chi connectivity index (χ4n) is 3.81. The Morgan fingerprint density at radius 3 is 2.50 bits per heavy atom. The van der Waals surface area contributed by atoms with Crippen LogP contribution in [-0.2, 0) is 4.79 Å². The number of amides is 1. The van der Waals surface area contributed by atoms with E-state index in [0.29, 0.717) is 18.7 Å². The first-order valence-electron chi connectivity index (χ1n) is 11.2. The summed E-state index contributed by atoms with van der Waals surface area (Å²) < 4.78 is 24.9. The molecule has 1 saturated heterocycles. The smallest absolute Gasteiger partial charge is 0.220 e. The van der Waals surface area contributed by atoms with E-state index in [1.54, 1.807) is 49.5 Å². The molecule has 2 heterocycles. The second-order valence-corrected chi connectivity index (χ2v) is 10.0. The van der Waals surface area contributed by atoms with Crippen LogP contribution in [0.3, 0.4) is 0 Å². The summed E-state index contributed by atoms with van der Waals surface area (Å²) in [5.74, 6) is 2.04. The maximum Gasteiger partial charge on any atom is 0.220 e. The number of thiazole rings is 1. The van der Waals surface area contributed by atoms with Crippen LogP contribution in [0.15, 0.2) is 41.3 Å². The van der Waals surface area contributed by atoms with Crippen molar-refractivity contribution in [3.05, 3.63) is 42.2 Å². The second-order valence-electron chi connectivity index (χ2n) is 7.88. The number of rotatable bonds is 10. The number of fused-ring (bicyclic) bond motifs is 1. The maximum atomic E-state index is 12.9. The highest BCUT2D eigenvalue weighted by Gasteiger charge is 2.22. The van der Waals surface area contributed by atoms with Crippen molar-refractivity contribution in [3.63, 3.8) is 0 Å². The van der Waals surface area contributed by atoms with Gasteiger partial charge < -0.3 is 19.7 Å². The zero-order chi connectivity index (χ0) is 23.9. The number of nitrogens with one attached hydrogen (secondary N) is 1. The summed E-state index contributed by atoms with van der Waals surface area (Å²) in [6.45, 7) is 5.06. The largest absolute Gasteiger partial charge is 0.495 e. The molecule has 0 unspecified atom stereocenters. The molecule has 34 heavy (non-hydrogen) atoms. The fourth-order valence-corrected chi connectivity index (χ4v) is 5.78. The third-order valence-corrected chi connectivity index (χ3v) is 7.85. The number of aromatic nitrogens is 1. The van der Waals surface area contributed by atoms with Crippen LogP contribution in [0, 0.1) is 5.82 Å². The molecule has 0 aliphatic carbocycles. The molecule has 2 aromatic carbocycles. The van der Waals surface area contributed by atoms with Crippen molar-refractivity contribution in [3.8, 4) is 11.5 Å². The Balaban J connectivity index is 1.19. The molecule has 1 amide bonds. The molecular formula is C24H29FN4O3S2. The Morgan fingerprint density at radius 2 is 1.79 bits per heavy atom. The van der Waals surface area contributed by atoms with E-state index in [0.717, 1.165) is 64.5 Å². The van der Waals surface area contributed by atoms with Gasteiger partial charge in [-0.2, -0.15) is 0 Å². The van der Waals surface area contributed by atoms with Crippen molar-refractivity contribution >= 4 is 44.4 Å². The maximum absolute atomic E-state index is 12.9. The first-order chi connectivity index (χ1) is 16.6. The van der Waals surface area contributed by atoms with Crippen LogP contribution in [0.4, 0.5) is 9.52 Å². The summed E-state index contributed by atoms with van der Waals surface area (Å²) in [4.78, 5) is 22.6. The van der Waals surface area contributed by atoms with Crippen LogP contribution in [0.1, 0.15) is 6.42 Å². The van der Waals surface area contributed by atoms with Gasteiger partial charge in [0, 0.05) is 56.3 Å². The predicted octanol–water partition coefficient (Wildman–Crippen LogP) is 3.87. The van der Waals surface area contributed by atoms with Crippen LogP contribution < -0.4 is 19.7 Å². The van der Waals surface area contributed by atoms with Gasteiger partial charge in [0.25, 0.3) is 0 Å². The van der Waals surface area contributed by atoms with Crippen molar-refractivity contribution in [2.45, 2.75) is 11.3 Å². The first-order valence-corrected chi connectivity index (χ1v) is 13.0. The number of piperazine rings is 1. The molecule has 10 heteroatoms. The third kappa shape index (κ3) is 6.11. The Kier molecular flexibility index (Phi) is 8.47. The van der Waals surface area contributed by atoms with Gasteiger partial charge >= 0.3 is 0 Å². The zero-order valence-electron chi connectivity index (χ0n) is 19.4. The lowest BCUT2D eigenvalue weighted by molar-refractivity contribution is -0.120. The van der Waals surface area contributed by atoms with E-state index in [4.69, 9.17) is 14.5 Å². The number of benzene rings is 2. The fraction of sp³-hybridized carbons (Fsp3) is 0.417. The zero-order valence-corrected chi connectivity index (χ0v) is 21.0. The summed E-state index contributed by atoms with van der Waals surface area (Å²) >= 11 is 3.19. The Bertz CT molecular complexity index is 1060. The van der Waals surface area contributed by atoms with E-state index in [9.17, 15) is 9.18 Å². The van der Waals surface area contributed by atoms with E-state index >= 15 is 0 Å². The number of carbonyl (C=O) groups is 1. The summed E-state index contributed by atoms with van der Waals surface area (Å²) in [6.07, 6.45) is 0.445. The lowest BCUT2D eigenvalue weighted by Crippen LogP contribution is -2.48. The molecule has 1 aromatic heterocycles. The topological polar surface area (TPSA) is 66.9 Å². The number of nitrogens with zero attached hydrogens (tertiary/aromatic N) is 3. The molecular weight excluding hydrogens is 475 g/mol. The van der Waals surface area contributed by atoms with Gasteiger partial charge in [0.15, 0.2) is 5.13 Å². The molecule has 3 aromatic rings. The molecule has 0 saturated carbocycles. The number of thioether (sulfide) groups is 1. The lowest BCUT2D eigenvalue weighted by atomic mass is 10.3. The number of hydrogen-bond donors (Lipinski definition) is 1. The van der Waals surface area contributed by atoms with E-state index in [2.05, 4.69) is 15.1 Å². The molecule has 7 nitrogen and oxygen atoms in total. The molecule has 1 N–H and O–H groups in total. The number of methoxy groups -OCH3 is 2. The van der Waals surface area contributed by atoms with Crippen LogP contribution in [-0.4, -0.2) is 75.0 Å². The minimum atomic E-state index is -0.247. The van der Waals surface area contributed by atoms with Crippen molar-refractivity contribution in [2.24, 2.45) is 0 Å². The minimum absolute atomic E-state index is 0.0469. The third-order valence-electron chi connectivity index (χ3n) is 5.70. The Hall–Kier alpha value is -2.56. The van der Waals surface area contributed by atoms with Gasteiger partial charge in [-0.1, -0.05) is 11.3 Å². The summed E-state index contributed by atoms with van der Waals surface area (Å²) in [5.41, 5.74) is 0.838. The molecule has 0 atom stereocenters. The highest BCUT2D eigenvalue weighted by atomic mass is 32.2. The highest BCUT2D eigenvalue weighted by molar-refractivity contribution is 7.99. The summed E-state index contributed by atoms with van der Waals surface area (Å²) in [6, 6.07) is 10.1. The van der Waals surface area contributed by atoms with Gasteiger partial charge in [-0.3, -0.25) is 9.69 Å². The summed E-state index contributed by atoms with van der Waals surface area (Å²) in [5, 5.41) is 3.98. The van der Waals surface area contributed by atoms with Crippen LogP contribution in [0.5, 0.6) is 11.5 Å². The minimum Gasteiger partial charge on any atom is -0.495 e. The molecule has 1 aliphatic heterocycles. The molecule has 0 radical (unpaired) electrons. The quantitative estimate of drug-likeness (QED) is 0.421. The van der Waals surface area contributed by atoms with Crippen molar-refractivity contribution < 1.29 is 18.7 Å². The van der Waals surface area contributed by atoms with E-state index in [1.165, 1.54) is 12.1 Å². The average Bonchev–Trinajstić information content (AvgIpc) is 3.31. The van der Waals surface area contributed by atoms with E-state index in [-0.39, 0.29) is 11.7 Å². The normalized spacial score (nSPS) is 14.4. The number of carbonyl (C=O) groups excluding carboxylic acids is 1. The Morgan fingerprint density at radius 1 is 1.09 bits per heavy atom. The monoisotopic (exact) mass is 504 g/mol. The Labute approximate surface area is 207 Å². The molecule has 1 aliphatic rings.